The van der Waals surface area contributed by atoms with E-state index in [9.17, 15) is 27.9 Å². The highest BCUT2D eigenvalue weighted by Gasteiger charge is 2.32. The van der Waals surface area contributed by atoms with Gasteiger partial charge in [0.15, 0.2) is 0 Å². The lowest BCUT2D eigenvalue weighted by molar-refractivity contribution is -0.145. The molecule has 5 N–H and O–H groups in total. The summed E-state index contributed by atoms with van der Waals surface area (Å²) in [7, 11) is -4.24. The second-order valence-electron chi connectivity index (χ2n) is 10.3. The summed E-state index contributed by atoms with van der Waals surface area (Å²) in [6.45, 7) is 3.32. The van der Waals surface area contributed by atoms with Gasteiger partial charge in [0, 0.05) is 26.2 Å². The van der Waals surface area contributed by atoms with Gasteiger partial charge in [-0.05, 0) is 48.1 Å². The van der Waals surface area contributed by atoms with Gasteiger partial charge in [-0.2, -0.15) is 9.82 Å². The summed E-state index contributed by atoms with van der Waals surface area (Å²) >= 11 is 0. The zero-order valence-electron chi connectivity index (χ0n) is 23.4. The van der Waals surface area contributed by atoms with E-state index in [4.69, 9.17) is 5.84 Å². The van der Waals surface area contributed by atoms with E-state index in [2.05, 4.69) is 15.1 Å². The lowest BCUT2D eigenvalue weighted by atomic mass is 9.98. The highest BCUT2D eigenvalue weighted by Crippen LogP contribution is 2.20. The molecule has 1 aliphatic rings. The quantitative estimate of drug-likeness (QED) is 0.0800. The molecule has 0 unspecified atom stereocenters. The zero-order chi connectivity index (χ0) is 29.8. The van der Waals surface area contributed by atoms with Crippen LogP contribution in [0.5, 0.6) is 0 Å². The fourth-order valence-electron chi connectivity index (χ4n) is 4.95. The van der Waals surface area contributed by atoms with Crippen LogP contribution in [-0.4, -0.2) is 86.2 Å². The third kappa shape index (κ3) is 9.71. The van der Waals surface area contributed by atoms with Crippen LogP contribution in [0.2, 0.25) is 0 Å². The van der Waals surface area contributed by atoms with Gasteiger partial charge in [0.05, 0.1) is 11.3 Å². The number of carboxylic acids is 1. The van der Waals surface area contributed by atoms with Gasteiger partial charge in [0.1, 0.15) is 18.9 Å². The number of nitrogens with zero attached hydrogens (tertiary/aromatic N) is 3. The molecule has 1 aliphatic heterocycles. The minimum absolute atomic E-state index is 0.0611. The third-order valence-corrected chi connectivity index (χ3v) is 8.52. The number of nitrogens with two attached hydrogens (primary N) is 1. The van der Waals surface area contributed by atoms with E-state index in [0.29, 0.717) is 24.9 Å². The molecule has 12 nitrogen and oxygen atoms in total. The van der Waals surface area contributed by atoms with Gasteiger partial charge in [-0.1, -0.05) is 50.1 Å². The summed E-state index contributed by atoms with van der Waals surface area (Å²) in [6, 6.07) is 10.4. The van der Waals surface area contributed by atoms with Crippen LogP contribution >= 0.6 is 0 Å². The number of aliphatic carboxylic acids is 1. The molecule has 2 amide bonds. The first-order valence-corrected chi connectivity index (χ1v) is 15.4. The molecule has 1 saturated heterocycles. The smallest absolute Gasteiger partial charge is 0.323 e. The maximum Gasteiger partial charge on any atom is 0.323 e. The molecule has 41 heavy (non-hydrogen) atoms. The summed E-state index contributed by atoms with van der Waals surface area (Å²) in [5.41, 5.74) is 0. The number of piperidine rings is 1. The van der Waals surface area contributed by atoms with Crippen molar-refractivity contribution in [2.24, 2.45) is 16.9 Å². The zero-order valence-corrected chi connectivity index (χ0v) is 24.2. The molecule has 2 atom stereocenters. The molecule has 2 aromatic carbocycles. The topological polar surface area (TPSA) is 174 Å². The number of benzene rings is 2. The minimum atomic E-state index is -4.24. The van der Waals surface area contributed by atoms with Crippen LogP contribution in [0.1, 0.15) is 45.4 Å². The Hall–Kier alpha value is -3.71. The van der Waals surface area contributed by atoms with Crippen molar-refractivity contribution in [2.75, 3.05) is 32.7 Å². The van der Waals surface area contributed by atoms with E-state index in [1.54, 1.807) is 24.5 Å². The molecule has 0 radical (unpaired) electrons. The number of carboxylic acid groups (broad SMARTS) is 1. The van der Waals surface area contributed by atoms with Gasteiger partial charge in [-0.25, -0.2) is 8.42 Å². The van der Waals surface area contributed by atoms with Crippen LogP contribution in [0.4, 0.5) is 0 Å². The van der Waals surface area contributed by atoms with Crippen LogP contribution < -0.4 is 15.9 Å². The van der Waals surface area contributed by atoms with E-state index in [-0.39, 0.29) is 17.4 Å². The van der Waals surface area contributed by atoms with Crippen LogP contribution in [-0.2, 0) is 24.4 Å². The molecule has 1 heterocycles. The average molecular weight is 589 g/mol. The largest absolute Gasteiger partial charge is 0.480 e. The van der Waals surface area contributed by atoms with Crippen LogP contribution in [0.15, 0.2) is 52.5 Å². The Morgan fingerprint density at radius 1 is 1.20 bits per heavy atom. The van der Waals surface area contributed by atoms with Crippen molar-refractivity contribution in [1.82, 2.24) is 19.8 Å². The number of sulfonamides is 1. The summed E-state index contributed by atoms with van der Waals surface area (Å²) in [6.07, 6.45) is 5.04. The molecular weight excluding hydrogens is 548 g/mol. The molecule has 0 aromatic heterocycles. The molecular formula is C28H40N6O6S. The predicted molar refractivity (Wildman–Crippen MR) is 156 cm³/mol. The maximum atomic E-state index is 13.6. The number of unbranched alkanes of at least 4 members (excludes halogenated alkanes) is 2. The second-order valence-corrected chi connectivity index (χ2v) is 12.0. The Morgan fingerprint density at radius 3 is 2.66 bits per heavy atom. The first-order chi connectivity index (χ1) is 19.6. The van der Waals surface area contributed by atoms with Crippen molar-refractivity contribution >= 4 is 44.9 Å². The molecule has 224 valence electrons. The van der Waals surface area contributed by atoms with Crippen LogP contribution in [0, 0.1) is 5.92 Å². The SMILES string of the molecule is CCCCCN(CC(=O)O)C(=O)[C@H](CC(=O)NC[C@@H]1CCCN(C=NN)C1)NS(=O)(=O)c1ccc2ccccc2c1. The average Bonchev–Trinajstić information content (AvgIpc) is 2.95. The van der Waals surface area contributed by atoms with E-state index in [1.807, 2.05) is 24.0 Å². The van der Waals surface area contributed by atoms with E-state index < -0.39 is 46.8 Å². The molecule has 0 saturated carbocycles. The molecule has 0 spiro atoms. The van der Waals surface area contributed by atoms with Gasteiger partial charge in [-0.15, -0.1) is 0 Å². The first kappa shape index (κ1) is 31.8. The number of nitrogens with one attached hydrogen (secondary N) is 2. The predicted octanol–water partition coefficient (Wildman–Crippen LogP) is 1.71. The number of hydrazone groups is 1. The second kappa shape index (κ2) is 15.3. The Kier molecular flexibility index (Phi) is 11.9. The molecule has 2 aromatic rings. The normalized spacial score (nSPS) is 16.5. The van der Waals surface area contributed by atoms with Gasteiger partial charge in [0.2, 0.25) is 21.8 Å². The van der Waals surface area contributed by atoms with Crippen molar-refractivity contribution in [1.29, 1.82) is 0 Å². The van der Waals surface area contributed by atoms with Crippen molar-refractivity contribution in [3.8, 4) is 0 Å². The standard InChI is InChI=1S/C28H40N6O6S/c1-2-3-6-14-34(19-27(36)37)28(38)25(16-26(35)30-17-21-8-7-13-33(18-21)20-31-29)32-41(39,40)24-12-11-22-9-4-5-10-23(22)15-24/h4-5,9-12,15,20-21,25,32H,2-3,6-8,13-14,16-19,29H2,1H3,(H,30,35)(H,36,37)/t21-,25-/m0/s1. The highest BCUT2D eigenvalue weighted by atomic mass is 32.2. The number of rotatable bonds is 15. The monoisotopic (exact) mass is 588 g/mol. The van der Waals surface area contributed by atoms with Crippen molar-refractivity contribution in [3.63, 3.8) is 0 Å². The van der Waals surface area contributed by atoms with Crippen LogP contribution in [0.3, 0.4) is 0 Å². The highest BCUT2D eigenvalue weighted by molar-refractivity contribution is 7.89. The number of likely N-dealkylation sites (tertiary alicyclic amines) is 1. The molecule has 3 rings (SSSR count). The third-order valence-electron chi connectivity index (χ3n) is 7.05. The molecule has 13 heteroatoms. The van der Waals surface area contributed by atoms with E-state index >= 15 is 0 Å². The first-order valence-electron chi connectivity index (χ1n) is 13.9. The molecule has 1 fully saturated rings. The summed E-state index contributed by atoms with van der Waals surface area (Å²) in [5.74, 6) is 2.89. The fraction of sp³-hybridized carbons (Fsp3) is 0.500. The number of amides is 2. The van der Waals surface area contributed by atoms with Crippen molar-refractivity contribution in [2.45, 2.75) is 56.4 Å². The summed E-state index contributed by atoms with van der Waals surface area (Å²) < 4.78 is 29.2. The fourth-order valence-corrected chi connectivity index (χ4v) is 6.18. The number of hydrogen-bond donors (Lipinski definition) is 4. The van der Waals surface area contributed by atoms with Crippen LogP contribution in [0.25, 0.3) is 10.8 Å². The summed E-state index contributed by atoms with van der Waals surface area (Å²) in [5, 5.41) is 17.3. The van der Waals surface area contributed by atoms with E-state index in [0.717, 1.165) is 42.5 Å². The van der Waals surface area contributed by atoms with Gasteiger partial charge < -0.3 is 26.1 Å². The Morgan fingerprint density at radius 2 is 1.95 bits per heavy atom. The lowest BCUT2D eigenvalue weighted by Gasteiger charge is -2.31. The van der Waals surface area contributed by atoms with Gasteiger partial charge in [0.25, 0.3) is 0 Å². The molecule has 0 bridgehead atoms. The Bertz CT molecular complexity index is 1330. The van der Waals surface area contributed by atoms with Gasteiger partial charge in [-0.3, -0.25) is 14.4 Å². The van der Waals surface area contributed by atoms with Crippen molar-refractivity contribution in [3.05, 3.63) is 42.5 Å². The minimum Gasteiger partial charge on any atom is -0.480 e. The maximum absolute atomic E-state index is 13.6. The van der Waals surface area contributed by atoms with Crippen molar-refractivity contribution < 1.29 is 27.9 Å². The number of carbonyl (C=O) groups excluding carboxylic acids is 2. The number of fused-ring (bicyclic) bond motifs is 1. The van der Waals surface area contributed by atoms with E-state index in [1.165, 1.54) is 12.1 Å². The number of hydrogen-bond acceptors (Lipinski definition) is 7. The Balaban J connectivity index is 1.79. The lowest BCUT2D eigenvalue weighted by Crippen LogP contribution is -2.52. The van der Waals surface area contributed by atoms with Gasteiger partial charge >= 0.3 is 5.97 Å². The molecule has 0 aliphatic carbocycles. The Labute approximate surface area is 241 Å². The number of carbonyl (C=O) groups is 3. The summed E-state index contributed by atoms with van der Waals surface area (Å²) in [4.78, 5) is 41.1.